The molecular weight excluding hydrogens is 302 g/mol. The smallest absolute Gasteiger partial charge is 0.224 e. The highest BCUT2D eigenvalue weighted by molar-refractivity contribution is 9.10. The van der Waals surface area contributed by atoms with Gasteiger partial charge in [0.25, 0.3) is 0 Å². The molecule has 1 aliphatic rings. The van der Waals surface area contributed by atoms with E-state index < -0.39 is 0 Å². The van der Waals surface area contributed by atoms with Gasteiger partial charge in [0.15, 0.2) is 0 Å². The van der Waals surface area contributed by atoms with Crippen molar-refractivity contribution in [1.82, 2.24) is 9.97 Å². The molecule has 2 rings (SSSR count). The molecule has 94 valence electrons. The standard InChI is InChI=1S/C12H17BrClN3/c1-12(2)5-3-8(4-6-12)16-10-9(13)7-15-11(14)17-10/h7-8H,3-6H2,1-2H3,(H,15,16,17). The molecule has 0 aromatic carbocycles. The summed E-state index contributed by atoms with van der Waals surface area (Å²) in [6.07, 6.45) is 6.55. The van der Waals surface area contributed by atoms with E-state index in [2.05, 4.69) is 45.1 Å². The van der Waals surface area contributed by atoms with Crippen molar-refractivity contribution in [2.24, 2.45) is 5.41 Å². The Morgan fingerprint density at radius 3 is 2.71 bits per heavy atom. The van der Waals surface area contributed by atoms with Gasteiger partial charge in [0.1, 0.15) is 5.82 Å². The van der Waals surface area contributed by atoms with E-state index in [1.807, 2.05) is 0 Å². The Balaban J connectivity index is 2.00. The lowest BCUT2D eigenvalue weighted by atomic mass is 9.75. The van der Waals surface area contributed by atoms with E-state index in [0.717, 1.165) is 10.3 Å². The van der Waals surface area contributed by atoms with Gasteiger partial charge in [-0.25, -0.2) is 4.98 Å². The Kier molecular flexibility index (Phi) is 3.93. The van der Waals surface area contributed by atoms with Crippen molar-refractivity contribution in [2.75, 3.05) is 5.32 Å². The molecule has 0 amide bonds. The minimum atomic E-state index is 0.284. The third-order valence-corrected chi connectivity index (χ3v) is 4.16. The van der Waals surface area contributed by atoms with Gasteiger partial charge in [0.05, 0.1) is 4.47 Å². The molecule has 0 radical (unpaired) electrons. The quantitative estimate of drug-likeness (QED) is 0.827. The van der Waals surface area contributed by atoms with Gasteiger partial charge >= 0.3 is 0 Å². The zero-order valence-corrected chi connectivity index (χ0v) is 12.5. The third-order valence-electron chi connectivity index (χ3n) is 3.39. The van der Waals surface area contributed by atoms with Crippen molar-refractivity contribution in [3.05, 3.63) is 16.0 Å². The number of halogens is 2. The number of anilines is 1. The molecule has 0 unspecified atom stereocenters. The average Bonchev–Trinajstić information content (AvgIpc) is 2.26. The lowest BCUT2D eigenvalue weighted by Gasteiger charge is -2.34. The van der Waals surface area contributed by atoms with Crippen LogP contribution in [0.1, 0.15) is 39.5 Å². The summed E-state index contributed by atoms with van der Waals surface area (Å²) in [7, 11) is 0. The Morgan fingerprint density at radius 2 is 2.06 bits per heavy atom. The fourth-order valence-corrected chi connectivity index (χ4v) is 2.62. The maximum atomic E-state index is 5.80. The van der Waals surface area contributed by atoms with E-state index in [4.69, 9.17) is 11.6 Å². The molecule has 1 saturated carbocycles. The van der Waals surface area contributed by atoms with Crippen LogP contribution in [0.2, 0.25) is 5.28 Å². The van der Waals surface area contributed by atoms with Crippen LogP contribution in [0.5, 0.6) is 0 Å². The van der Waals surface area contributed by atoms with Gasteiger partial charge < -0.3 is 5.32 Å². The molecule has 1 fully saturated rings. The first-order valence-electron chi connectivity index (χ1n) is 5.91. The first-order valence-corrected chi connectivity index (χ1v) is 7.08. The number of nitrogens with one attached hydrogen (secondary N) is 1. The second-order valence-corrected chi connectivity index (χ2v) is 6.61. The van der Waals surface area contributed by atoms with Gasteiger partial charge in [-0.15, -0.1) is 0 Å². The van der Waals surface area contributed by atoms with Gasteiger partial charge in [-0.1, -0.05) is 13.8 Å². The number of hydrogen-bond acceptors (Lipinski definition) is 3. The predicted octanol–water partition coefficient (Wildman–Crippen LogP) is 4.27. The molecule has 1 heterocycles. The minimum absolute atomic E-state index is 0.284. The van der Waals surface area contributed by atoms with Crippen molar-refractivity contribution >= 4 is 33.3 Å². The Morgan fingerprint density at radius 1 is 1.41 bits per heavy atom. The second-order valence-electron chi connectivity index (χ2n) is 5.42. The van der Waals surface area contributed by atoms with E-state index in [-0.39, 0.29) is 5.28 Å². The molecule has 1 N–H and O–H groups in total. The average molecular weight is 319 g/mol. The molecule has 0 aliphatic heterocycles. The number of aromatic nitrogens is 2. The van der Waals surface area contributed by atoms with Crippen LogP contribution in [0.25, 0.3) is 0 Å². The lowest BCUT2D eigenvalue weighted by Crippen LogP contribution is -2.30. The first-order chi connectivity index (χ1) is 7.96. The van der Waals surface area contributed by atoms with Crippen molar-refractivity contribution in [3.63, 3.8) is 0 Å². The Bertz CT molecular complexity index is 399. The Hall–Kier alpha value is -0.350. The van der Waals surface area contributed by atoms with E-state index in [1.54, 1.807) is 6.20 Å². The summed E-state index contributed by atoms with van der Waals surface area (Å²) in [5.41, 5.74) is 0.485. The van der Waals surface area contributed by atoms with Gasteiger partial charge in [-0.2, -0.15) is 4.98 Å². The molecular formula is C12H17BrClN3. The third kappa shape index (κ3) is 3.55. The van der Waals surface area contributed by atoms with Gasteiger partial charge in [-0.05, 0) is 58.6 Å². The second kappa shape index (κ2) is 5.11. The number of rotatable bonds is 2. The van der Waals surface area contributed by atoms with Crippen molar-refractivity contribution in [1.29, 1.82) is 0 Å². The molecule has 17 heavy (non-hydrogen) atoms. The van der Waals surface area contributed by atoms with E-state index in [0.29, 0.717) is 11.5 Å². The molecule has 0 saturated heterocycles. The van der Waals surface area contributed by atoms with Crippen LogP contribution in [0, 0.1) is 5.41 Å². The zero-order valence-electron chi connectivity index (χ0n) is 10.1. The molecule has 0 spiro atoms. The molecule has 0 bridgehead atoms. The number of hydrogen-bond donors (Lipinski definition) is 1. The van der Waals surface area contributed by atoms with E-state index >= 15 is 0 Å². The van der Waals surface area contributed by atoms with E-state index in [1.165, 1.54) is 25.7 Å². The minimum Gasteiger partial charge on any atom is -0.366 e. The van der Waals surface area contributed by atoms with Crippen molar-refractivity contribution in [2.45, 2.75) is 45.6 Å². The van der Waals surface area contributed by atoms with Crippen LogP contribution in [-0.2, 0) is 0 Å². The molecule has 0 atom stereocenters. The maximum absolute atomic E-state index is 5.80. The normalized spacial score (nSPS) is 20.2. The zero-order chi connectivity index (χ0) is 12.5. The van der Waals surface area contributed by atoms with Crippen LogP contribution in [0.15, 0.2) is 10.7 Å². The van der Waals surface area contributed by atoms with E-state index in [9.17, 15) is 0 Å². The molecule has 5 heteroatoms. The summed E-state index contributed by atoms with van der Waals surface area (Å²) < 4.78 is 0.867. The molecule has 3 nitrogen and oxygen atoms in total. The highest BCUT2D eigenvalue weighted by atomic mass is 79.9. The van der Waals surface area contributed by atoms with Crippen LogP contribution in [0.4, 0.5) is 5.82 Å². The predicted molar refractivity (Wildman–Crippen MR) is 74.4 cm³/mol. The summed E-state index contributed by atoms with van der Waals surface area (Å²) >= 11 is 9.23. The molecule has 1 aromatic rings. The summed E-state index contributed by atoms with van der Waals surface area (Å²) in [6, 6.07) is 0.491. The summed E-state index contributed by atoms with van der Waals surface area (Å²) in [5, 5.41) is 3.73. The van der Waals surface area contributed by atoms with Gasteiger partial charge in [-0.3, -0.25) is 0 Å². The van der Waals surface area contributed by atoms with Crippen molar-refractivity contribution < 1.29 is 0 Å². The fraction of sp³-hybridized carbons (Fsp3) is 0.667. The molecule has 1 aromatic heterocycles. The van der Waals surface area contributed by atoms with Crippen LogP contribution < -0.4 is 5.32 Å². The first kappa shape index (κ1) is 13.1. The number of nitrogens with zero attached hydrogens (tertiary/aromatic N) is 2. The van der Waals surface area contributed by atoms with Crippen LogP contribution >= 0.6 is 27.5 Å². The Labute approximate surface area is 116 Å². The maximum Gasteiger partial charge on any atom is 0.224 e. The molecule has 1 aliphatic carbocycles. The van der Waals surface area contributed by atoms with Crippen molar-refractivity contribution in [3.8, 4) is 0 Å². The highest BCUT2D eigenvalue weighted by Gasteiger charge is 2.27. The largest absolute Gasteiger partial charge is 0.366 e. The van der Waals surface area contributed by atoms with Crippen LogP contribution in [0.3, 0.4) is 0 Å². The lowest BCUT2D eigenvalue weighted by molar-refractivity contribution is 0.232. The monoisotopic (exact) mass is 317 g/mol. The highest BCUT2D eigenvalue weighted by Crippen LogP contribution is 2.36. The fourth-order valence-electron chi connectivity index (χ4n) is 2.18. The SMILES string of the molecule is CC1(C)CCC(Nc2nc(Cl)ncc2Br)CC1. The topological polar surface area (TPSA) is 37.8 Å². The van der Waals surface area contributed by atoms with Crippen LogP contribution in [-0.4, -0.2) is 16.0 Å². The van der Waals surface area contributed by atoms with Gasteiger partial charge in [0, 0.05) is 12.2 Å². The summed E-state index contributed by atoms with van der Waals surface area (Å²) in [5.74, 6) is 0.801. The summed E-state index contributed by atoms with van der Waals surface area (Å²) in [4.78, 5) is 8.12. The van der Waals surface area contributed by atoms with Gasteiger partial charge in [0.2, 0.25) is 5.28 Å². The summed E-state index contributed by atoms with van der Waals surface area (Å²) in [6.45, 7) is 4.67.